The number of dihydropyridines is 1. The average Bonchev–Trinajstić information content (AvgIpc) is 2.82. The van der Waals surface area contributed by atoms with Crippen molar-refractivity contribution >= 4 is 28.7 Å². The molecule has 2 heterocycles. The van der Waals surface area contributed by atoms with Crippen molar-refractivity contribution in [3.05, 3.63) is 67.8 Å². The first-order valence-corrected chi connectivity index (χ1v) is 12.7. The van der Waals surface area contributed by atoms with E-state index in [-0.39, 0.29) is 24.6 Å². The van der Waals surface area contributed by atoms with Crippen molar-refractivity contribution in [3.8, 4) is 0 Å². The molecule has 1 aliphatic heterocycles. The van der Waals surface area contributed by atoms with Crippen LogP contribution >= 0.6 is 0 Å². The van der Waals surface area contributed by atoms with Gasteiger partial charge in [0.1, 0.15) is 11.1 Å². The van der Waals surface area contributed by atoms with Crippen LogP contribution in [0.2, 0.25) is 0 Å². The van der Waals surface area contributed by atoms with Crippen LogP contribution in [0.25, 0.3) is 11.0 Å². The molecule has 8 nitrogen and oxygen atoms in total. The highest BCUT2D eigenvalue weighted by Gasteiger charge is 2.40. The number of carbonyl (C=O) groups is 3. The molecule has 0 amide bonds. The number of benzene rings is 1. The molecule has 2 aliphatic rings. The van der Waals surface area contributed by atoms with Gasteiger partial charge in [-0.15, -0.1) is 0 Å². The van der Waals surface area contributed by atoms with Crippen LogP contribution in [0.15, 0.2) is 50.0 Å². The zero-order valence-electron chi connectivity index (χ0n) is 22.2. The molecule has 4 rings (SSSR count). The molecule has 37 heavy (non-hydrogen) atoms. The highest BCUT2D eigenvalue weighted by atomic mass is 16.5. The second-order valence-electron chi connectivity index (χ2n) is 10.4. The Hall–Kier alpha value is -3.68. The van der Waals surface area contributed by atoms with Crippen LogP contribution in [0, 0.1) is 0 Å². The minimum atomic E-state index is -0.776. The number of esters is 2. The van der Waals surface area contributed by atoms with Gasteiger partial charge in [0.25, 0.3) is 0 Å². The summed E-state index contributed by atoms with van der Waals surface area (Å²) in [5, 5.41) is 3.79. The first-order chi connectivity index (χ1) is 17.5. The molecule has 0 fully saturated rings. The van der Waals surface area contributed by atoms with E-state index in [4.69, 9.17) is 13.9 Å². The predicted octanol–water partition coefficient (Wildman–Crippen LogP) is 4.80. The Kier molecular flexibility index (Phi) is 7.13. The SMILES string of the molecule is CCOC(=O)C1=C(C)NC2=C(C(=O)CCC2)C1c1cc(C(C)(C)C)c2oc(=O)c(C(=O)OCC)cc2c1. The number of allylic oxidation sites excluding steroid dienone is 3. The van der Waals surface area contributed by atoms with Crippen LogP contribution < -0.4 is 10.9 Å². The number of Topliss-reactive ketones (excluding diaryl/α,β-unsaturated/α-hetero) is 1. The van der Waals surface area contributed by atoms with Gasteiger partial charge < -0.3 is 19.2 Å². The van der Waals surface area contributed by atoms with E-state index < -0.39 is 28.9 Å². The first-order valence-electron chi connectivity index (χ1n) is 12.7. The van der Waals surface area contributed by atoms with Crippen LogP contribution in [0.4, 0.5) is 0 Å². The first kappa shape index (κ1) is 26.4. The number of nitrogens with one attached hydrogen (secondary N) is 1. The number of ether oxygens (including phenoxy) is 2. The topological polar surface area (TPSA) is 112 Å². The van der Waals surface area contributed by atoms with Gasteiger partial charge >= 0.3 is 17.6 Å². The van der Waals surface area contributed by atoms with Gasteiger partial charge in [0.2, 0.25) is 0 Å². The lowest BCUT2D eigenvalue weighted by Crippen LogP contribution is -2.34. The summed E-state index contributed by atoms with van der Waals surface area (Å²) in [4.78, 5) is 51.6. The van der Waals surface area contributed by atoms with Gasteiger partial charge in [-0.2, -0.15) is 0 Å². The van der Waals surface area contributed by atoms with Gasteiger partial charge in [-0.1, -0.05) is 26.8 Å². The third-order valence-corrected chi connectivity index (χ3v) is 6.76. The Bertz CT molecular complexity index is 1420. The minimum absolute atomic E-state index is 0.0164. The Morgan fingerprint density at radius 2 is 1.70 bits per heavy atom. The van der Waals surface area contributed by atoms with Crippen molar-refractivity contribution in [2.75, 3.05) is 13.2 Å². The summed E-state index contributed by atoms with van der Waals surface area (Å²) in [6.45, 7) is 11.5. The number of hydrogen-bond donors (Lipinski definition) is 1. The number of hydrogen-bond acceptors (Lipinski definition) is 8. The maximum atomic E-state index is 13.3. The van der Waals surface area contributed by atoms with Crippen molar-refractivity contribution in [3.63, 3.8) is 0 Å². The van der Waals surface area contributed by atoms with Gasteiger partial charge in [-0.25, -0.2) is 14.4 Å². The maximum Gasteiger partial charge on any atom is 0.351 e. The molecular weight excluding hydrogens is 474 g/mol. The summed E-state index contributed by atoms with van der Waals surface area (Å²) < 4.78 is 16.1. The average molecular weight is 508 g/mol. The molecule has 0 saturated heterocycles. The molecule has 0 spiro atoms. The van der Waals surface area contributed by atoms with Crippen molar-refractivity contribution in [2.24, 2.45) is 0 Å². The van der Waals surface area contributed by atoms with Crippen LogP contribution in [-0.2, 0) is 24.5 Å². The molecule has 196 valence electrons. The molecule has 0 bridgehead atoms. The minimum Gasteiger partial charge on any atom is -0.463 e. The third kappa shape index (κ3) is 4.84. The second kappa shape index (κ2) is 10.00. The van der Waals surface area contributed by atoms with E-state index in [0.29, 0.717) is 46.2 Å². The van der Waals surface area contributed by atoms with Gasteiger partial charge in [-0.05, 0) is 56.7 Å². The van der Waals surface area contributed by atoms with E-state index in [1.165, 1.54) is 6.07 Å². The maximum absolute atomic E-state index is 13.3. The standard InChI is InChI=1S/C29H33NO7/c1-7-35-26(32)18-13-17-12-16(14-19(29(4,5)6)25(17)37-27(18)33)23-22(28(34)36-8-2)15(3)30-20-10-9-11-21(31)24(20)23/h12-14,23,30H,7-11H2,1-6H3. The molecule has 1 unspecified atom stereocenters. The molecule has 1 aromatic heterocycles. The number of carbonyl (C=O) groups excluding carboxylic acids is 3. The highest BCUT2D eigenvalue weighted by Crippen LogP contribution is 2.44. The van der Waals surface area contributed by atoms with Gasteiger partial charge in [0, 0.05) is 40.3 Å². The Balaban J connectivity index is 2.04. The molecule has 8 heteroatoms. The van der Waals surface area contributed by atoms with E-state index in [2.05, 4.69) is 5.32 Å². The van der Waals surface area contributed by atoms with Crippen molar-refractivity contribution < 1.29 is 28.3 Å². The molecule has 0 radical (unpaired) electrons. The van der Waals surface area contributed by atoms with Crippen molar-refractivity contribution in [2.45, 2.75) is 72.1 Å². The summed E-state index contributed by atoms with van der Waals surface area (Å²) >= 11 is 0. The molecule has 1 N–H and O–H groups in total. The molecule has 1 atom stereocenters. The molecule has 1 aliphatic carbocycles. The third-order valence-electron chi connectivity index (χ3n) is 6.76. The fourth-order valence-corrected chi connectivity index (χ4v) is 5.13. The van der Waals surface area contributed by atoms with Crippen LogP contribution in [-0.4, -0.2) is 30.9 Å². The zero-order valence-corrected chi connectivity index (χ0v) is 22.2. The quantitative estimate of drug-likeness (QED) is 0.454. The molecule has 2 aromatic rings. The molecular formula is C29H33NO7. The summed E-state index contributed by atoms with van der Waals surface area (Å²) in [5.74, 6) is -1.94. The zero-order chi connectivity index (χ0) is 27.1. The Labute approximate surface area is 215 Å². The van der Waals surface area contributed by atoms with E-state index in [1.807, 2.05) is 33.8 Å². The Morgan fingerprint density at radius 3 is 2.35 bits per heavy atom. The van der Waals surface area contributed by atoms with E-state index in [0.717, 1.165) is 17.7 Å². The fraction of sp³-hybridized carbons (Fsp3) is 0.448. The normalized spacial score (nSPS) is 18.0. The summed E-state index contributed by atoms with van der Waals surface area (Å²) in [7, 11) is 0. The summed E-state index contributed by atoms with van der Waals surface area (Å²) in [6.07, 6.45) is 1.83. The van der Waals surface area contributed by atoms with E-state index >= 15 is 0 Å². The lowest BCUT2D eigenvalue weighted by molar-refractivity contribution is -0.138. The lowest BCUT2D eigenvalue weighted by Gasteiger charge is -2.35. The number of fused-ring (bicyclic) bond motifs is 1. The molecule has 0 saturated carbocycles. The van der Waals surface area contributed by atoms with Gasteiger partial charge in [-0.3, -0.25) is 4.79 Å². The van der Waals surface area contributed by atoms with E-state index in [1.54, 1.807) is 19.9 Å². The van der Waals surface area contributed by atoms with Crippen LogP contribution in [0.5, 0.6) is 0 Å². The number of rotatable bonds is 5. The number of ketones is 1. The highest BCUT2D eigenvalue weighted by molar-refractivity contribution is 6.04. The van der Waals surface area contributed by atoms with Crippen LogP contribution in [0.1, 0.15) is 88.2 Å². The summed E-state index contributed by atoms with van der Waals surface area (Å²) in [5.41, 5.74) is 2.71. The lowest BCUT2D eigenvalue weighted by atomic mass is 9.73. The largest absolute Gasteiger partial charge is 0.463 e. The van der Waals surface area contributed by atoms with Crippen LogP contribution in [0.3, 0.4) is 0 Å². The van der Waals surface area contributed by atoms with Gasteiger partial charge in [0.05, 0.1) is 18.8 Å². The van der Waals surface area contributed by atoms with Gasteiger partial charge in [0.15, 0.2) is 5.78 Å². The van der Waals surface area contributed by atoms with Crippen molar-refractivity contribution in [1.82, 2.24) is 5.32 Å². The Morgan fingerprint density at radius 1 is 1.03 bits per heavy atom. The predicted molar refractivity (Wildman–Crippen MR) is 138 cm³/mol. The fourth-order valence-electron chi connectivity index (χ4n) is 5.13. The second-order valence-corrected chi connectivity index (χ2v) is 10.4. The van der Waals surface area contributed by atoms with E-state index in [9.17, 15) is 19.2 Å². The summed E-state index contributed by atoms with van der Waals surface area (Å²) in [6, 6.07) is 5.15. The molecule has 1 aromatic carbocycles. The monoisotopic (exact) mass is 507 g/mol. The van der Waals surface area contributed by atoms with Crippen molar-refractivity contribution in [1.29, 1.82) is 0 Å². The smallest absolute Gasteiger partial charge is 0.351 e.